The van der Waals surface area contributed by atoms with E-state index in [1.54, 1.807) is 12.3 Å². The minimum absolute atomic E-state index is 0.0384. The van der Waals surface area contributed by atoms with Gasteiger partial charge in [-0.3, -0.25) is 14.2 Å². The lowest BCUT2D eigenvalue weighted by Crippen LogP contribution is -2.36. The highest BCUT2D eigenvalue weighted by atomic mass is 16.3. The Hall–Kier alpha value is -2.89. The van der Waals surface area contributed by atoms with Crippen LogP contribution in [0.25, 0.3) is 10.9 Å². The molecule has 134 valence electrons. The standard InChI is InChI=1S/C20H21N3O3/c1-14(18-7-4-12-26-18)23(15-8-9-15)19(24)10-11-22-13-21-17-6-3-2-5-16(17)20(22)25/h2-7,12-15H,8-11H2,1H3/t14-/m1/s1. The van der Waals surface area contributed by atoms with Crippen molar-refractivity contribution in [3.63, 3.8) is 0 Å². The van der Waals surface area contributed by atoms with Crippen molar-refractivity contribution in [1.82, 2.24) is 14.5 Å². The summed E-state index contributed by atoms with van der Waals surface area (Å²) in [6.07, 6.45) is 5.46. The van der Waals surface area contributed by atoms with Crippen molar-refractivity contribution in [2.45, 2.75) is 44.8 Å². The van der Waals surface area contributed by atoms with Crippen LogP contribution in [0.5, 0.6) is 0 Å². The SMILES string of the molecule is C[C@H](c1ccco1)N(C(=O)CCn1cnc2ccccc2c1=O)C1CC1. The first kappa shape index (κ1) is 16.6. The van der Waals surface area contributed by atoms with Gasteiger partial charge in [0.25, 0.3) is 5.56 Å². The molecule has 0 saturated heterocycles. The zero-order valence-corrected chi connectivity index (χ0v) is 14.7. The third-order valence-corrected chi connectivity index (χ3v) is 4.90. The highest BCUT2D eigenvalue weighted by Gasteiger charge is 2.36. The Morgan fingerprint density at radius 2 is 2.12 bits per heavy atom. The third-order valence-electron chi connectivity index (χ3n) is 4.90. The molecule has 2 aromatic heterocycles. The fraction of sp³-hybridized carbons (Fsp3) is 0.350. The maximum Gasteiger partial charge on any atom is 0.261 e. The van der Waals surface area contributed by atoms with Crippen LogP contribution in [0.1, 0.15) is 38.0 Å². The highest BCUT2D eigenvalue weighted by molar-refractivity contribution is 5.78. The number of carbonyl (C=O) groups is 1. The average Bonchev–Trinajstić information content (AvgIpc) is 3.32. The number of aryl methyl sites for hydroxylation is 1. The normalized spacial score (nSPS) is 15.1. The average molecular weight is 351 g/mol. The van der Waals surface area contributed by atoms with Gasteiger partial charge in [-0.25, -0.2) is 4.98 Å². The molecule has 6 nitrogen and oxygen atoms in total. The van der Waals surface area contributed by atoms with Crippen molar-refractivity contribution >= 4 is 16.8 Å². The van der Waals surface area contributed by atoms with Crippen LogP contribution in [0.2, 0.25) is 0 Å². The van der Waals surface area contributed by atoms with Gasteiger partial charge in [-0.15, -0.1) is 0 Å². The van der Waals surface area contributed by atoms with Crippen LogP contribution in [0, 0.1) is 0 Å². The number of para-hydroxylation sites is 1. The van der Waals surface area contributed by atoms with E-state index in [4.69, 9.17) is 4.42 Å². The molecule has 0 radical (unpaired) electrons. The first-order valence-electron chi connectivity index (χ1n) is 8.94. The number of hydrogen-bond donors (Lipinski definition) is 0. The summed E-state index contributed by atoms with van der Waals surface area (Å²) in [6, 6.07) is 11.1. The van der Waals surface area contributed by atoms with Crippen LogP contribution >= 0.6 is 0 Å². The van der Waals surface area contributed by atoms with Gasteiger partial charge < -0.3 is 9.32 Å². The summed E-state index contributed by atoms with van der Waals surface area (Å²) in [7, 11) is 0. The van der Waals surface area contributed by atoms with Gasteiger partial charge in [0.05, 0.1) is 29.5 Å². The van der Waals surface area contributed by atoms with Crippen LogP contribution in [-0.2, 0) is 11.3 Å². The molecule has 2 heterocycles. The van der Waals surface area contributed by atoms with Crippen LogP contribution in [0.4, 0.5) is 0 Å². The van der Waals surface area contributed by atoms with Gasteiger partial charge >= 0.3 is 0 Å². The lowest BCUT2D eigenvalue weighted by atomic mass is 10.2. The van der Waals surface area contributed by atoms with Crippen LogP contribution < -0.4 is 5.56 Å². The molecule has 0 bridgehead atoms. The zero-order valence-electron chi connectivity index (χ0n) is 14.7. The van der Waals surface area contributed by atoms with Crippen molar-refractivity contribution in [3.05, 3.63) is 65.1 Å². The van der Waals surface area contributed by atoms with Gasteiger partial charge in [-0.1, -0.05) is 12.1 Å². The van der Waals surface area contributed by atoms with E-state index in [0.717, 1.165) is 18.6 Å². The highest BCUT2D eigenvalue weighted by Crippen LogP contribution is 2.35. The van der Waals surface area contributed by atoms with E-state index in [9.17, 15) is 9.59 Å². The Morgan fingerprint density at radius 1 is 1.31 bits per heavy atom. The fourth-order valence-electron chi connectivity index (χ4n) is 3.37. The van der Waals surface area contributed by atoms with E-state index in [-0.39, 0.29) is 30.0 Å². The maximum absolute atomic E-state index is 12.9. The number of rotatable bonds is 6. The number of nitrogens with zero attached hydrogens (tertiary/aromatic N) is 3. The summed E-state index contributed by atoms with van der Waals surface area (Å²) in [6.45, 7) is 2.31. The lowest BCUT2D eigenvalue weighted by Gasteiger charge is -2.28. The second-order valence-electron chi connectivity index (χ2n) is 6.73. The van der Waals surface area contributed by atoms with Crippen LogP contribution in [-0.4, -0.2) is 26.4 Å². The van der Waals surface area contributed by atoms with E-state index in [1.807, 2.05) is 42.2 Å². The molecule has 0 unspecified atom stereocenters. The second-order valence-corrected chi connectivity index (χ2v) is 6.73. The fourth-order valence-corrected chi connectivity index (χ4v) is 3.37. The van der Waals surface area contributed by atoms with Gasteiger partial charge in [-0.2, -0.15) is 0 Å². The number of carbonyl (C=O) groups excluding carboxylic acids is 1. The number of benzene rings is 1. The molecule has 26 heavy (non-hydrogen) atoms. The van der Waals surface area contributed by atoms with E-state index in [1.165, 1.54) is 10.9 Å². The first-order chi connectivity index (χ1) is 12.6. The Morgan fingerprint density at radius 3 is 2.85 bits per heavy atom. The summed E-state index contributed by atoms with van der Waals surface area (Å²) in [5.74, 6) is 0.825. The molecular formula is C20H21N3O3. The van der Waals surface area contributed by atoms with Crippen molar-refractivity contribution in [3.8, 4) is 0 Å². The molecule has 1 aromatic carbocycles. The van der Waals surface area contributed by atoms with Crippen molar-refractivity contribution < 1.29 is 9.21 Å². The molecule has 0 aliphatic heterocycles. The minimum atomic E-state index is -0.111. The van der Waals surface area contributed by atoms with Crippen LogP contribution in [0.15, 0.2) is 58.2 Å². The molecule has 1 amide bonds. The number of aromatic nitrogens is 2. The molecule has 3 aromatic rings. The number of furan rings is 1. The largest absolute Gasteiger partial charge is 0.467 e. The number of fused-ring (bicyclic) bond motifs is 1. The summed E-state index contributed by atoms with van der Waals surface area (Å²) in [4.78, 5) is 31.6. The topological polar surface area (TPSA) is 68.3 Å². The molecule has 0 N–H and O–H groups in total. The summed E-state index contributed by atoms with van der Waals surface area (Å²) >= 11 is 0. The molecule has 1 aliphatic rings. The van der Waals surface area contributed by atoms with E-state index in [0.29, 0.717) is 17.4 Å². The molecule has 1 saturated carbocycles. The first-order valence-corrected chi connectivity index (χ1v) is 8.94. The predicted octanol–water partition coefficient (Wildman–Crippen LogP) is 3.13. The Balaban J connectivity index is 1.51. The number of hydrogen-bond acceptors (Lipinski definition) is 4. The molecule has 1 aliphatic carbocycles. The van der Waals surface area contributed by atoms with E-state index >= 15 is 0 Å². The van der Waals surface area contributed by atoms with Crippen LogP contribution in [0.3, 0.4) is 0 Å². The van der Waals surface area contributed by atoms with Crippen molar-refractivity contribution in [1.29, 1.82) is 0 Å². The molecule has 1 fully saturated rings. The van der Waals surface area contributed by atoms with Gasteiger partial charge in [-0.05, 0) is 44.0 Å². The van der Waals surface area contributed by atoms with Crippen molar-refractivity contribution in [2.24, 2.45) is 0 Å². The Bertz CT molecular complexity index is 973. The molecule has 4 rings (SSSR count). The minimum Gasteiger partial charge on any atom is -0.467 e. The lowest BCUT2D eigenvalue weighted by molar-refractivity contribution is -0.134. The smallest absolute Gasteiger partial charge is 0.261 e. The van der Waals surface area contributed by atoms with Gasteiger partial charge in [0.15, 0.2) is 0 Å². The number of amides is 1. The molecule has 6 heteroatoms. The van der Waals surface area contributed by atoms with Gasteiger partial charge in [0.1, 0.15) is 5.76 Å². The summed E-state index contributed by atoms with van der Waals surface area (Å²) < 4.78 is 6.99. The molecular weight excluding hydrogens is 330 g/mol. The second kappa shape index (κ2) is 6.78. The summed E-state index contributed by atoms with van der Waals surface area (Å²) in [5.41, 5.74) is 0.562. The molecule has 1 atom stereocenters. The van der Waals surface area contributed by atoms with Gasteiger partial charge in [0.2, 0.25) is 5.91 Å². The Labute approximate surface area is 151 Å². The quantitative estimate of drug-likeness (QED) is 0.684. The predicted molar refractivity (Wildman–Crippen MR) is 97.6 cm³/mol. The van der Waals surface area contributed by atoms with E-state index in [2.05, 4.69) is 4.98 Å². The maximum atomic E-state index is 12.9. The summed E-state index contributed by atoms with van der Waals surface area (Å²) in [5, 5.41) is 0.574. The molecule has 0 spiro atoms. The monoisotopic (exact) mass is 351 g/mol. The Kier molecular flexibility index (Phi) is 4.32. The van der Waals surface area contributed by atoms with E-state index < -0.39 is 0 Å². The third kappa shape index (κ3) is 3.14. The van der Waals surface area contributed by atoms with Crippen molar-refractivity contribution in [2.75, 3.05) is 0 Å². The van der Waals surface area contributed by atoms with Gasteiger partial charge in [0, 0.05) is 19.0 Å². The zero-order chi connectivity index (χ0) is 18.1.